The van der Waals surface area contributed by atoms with E-state index in [4.69, 9.17) is 9.47 Å². The molecule has 0 radical (unpaired) electrons. The van der Waals surface area contributed by atoms with Crippen LogP contribution >= 0.6 is 0 Å². The Kier molecular flexibility index (Phi) is 5.44. The first-order chi connectivity index (χ1) is 7.11. The fourth-order valence-corrected chi connectivity index (χ4v) is 0.984. The molecule has 0 bridgehead atoms. The first kappa shape index (κ1) is 14.9. The topological polar surface area (TPSA) is 72.8 Å². The third kappa shape index (κ3) is 7.23. The molecule has 0 amide bonds. The Hall–Kier alpha value is -1.10. The summed E-state index contributed by atoms with van der Waals surface area (Å²) in [5.41, 5.74) is -1.13. The molecule has 1 unspecified atom stereocenters. The molecule has 0 aromatic rings. The number of hydrogen-bond donors (Lipinski definition) is 1. The van der Waals surface area contributed by atoms with Crippen LogP contribution in [0.1, 0.15) is 41.0 Å². The number of carbonyl (C=O) groups excluding carboxylic acids is 2. The Balaban J connectivity index is 4.30. The van der Waals surface area contributed by atoms with Crippen molar-refractivity contribution in [3.8, 4) is 0 Å². The monoisotopic (exact) mass is 232 g/mol. The standard InChI is InChI=1S/C11H20O5/c1-7(2)10(15-8(3)12)16-9(13)6-11(4,5)14/h7,10,14H,6H2,1-5H3. The molecule has 0 spiro atoms. The number of ether oxygens (including phenoxy) is 2. The van der Waals surface area contributed by atoms with Crippen LogP contribution in [0.5, 0.6) is 0 Å². The largest absolute Gasteiger partial charge is 0.425 e. The van der Waals surface area contributed by atoms with E-state index in [9.17, 15) is 14.7 Å². The van der Waals surface area contributed by atoms with Gasteiger partial charge in [0, 0.05) is 12.8 Å². The van der Waals surface area contributed by atoms with Crippen LogP contribution in [0.4, 0.5) is 0 Å². The van der Waals surface area contributed by atoms with Gasteiger partial charge in [-0.3, -0.25) is 9.59 Å². The van der Waals surface area contributed by atoms with Gasteiger partial charge in [-0.05, 0) is 13.8 Å². The van der Waals surface area contributed by atoms with E-state index in [1.165, 1.54) is 20.8 Å². The normalized spacial score (nSPS) is 13.4. The lowest BCUT2D eigenvalue weighted by molar-refractivity contribution is -0.196. The second kappa shape index (κ2) is 5.84. The number of carbonyl (C=O) groups is 2. The van der Waals surface area contributed by atoms with Crippen LogP contribution in [0.2, 0.25) is 0 Å². The van der Waals surface area contributed by atoms with E-state index in [1.807, 2.05) is 0 Å². The van der Waals surface area contributed by atoms with Gasteiger partial charge < -0.3 is 14.6 Å². The third-order valence-corrected chi connectivity index (χ3v) is 1.65. The van der Waals surface area contributed by atoms with Crippen LogP contribution in [0.25, 0.3) is 0 Å². The lowest BCUT2D eigenvalue weighted by Crippen LogP contribution is -2.32. The maximum atomic E-state index is 11.4. The van der Waals surface area contributed by atoms with Crippen LogP contribution in [-0.2, 0) is 19.1 Å². The zero-order valence-corrected chi connectivity index (χ0v) is 10.4. The molecule has 0 rings (SSSR count). The Bertz CT molecular complexity index is 252. The lowest BCUT2D eigenvalue weighted by atomic mass is 10.1. The van der Waals surface area contributed by atoms with E-state index in [2.05, 4.69) is 0 Å². The predicted octanol–water partition coefficient (Wildman–Crippen LogP) is 1.24. The zero-order valence-electron chi connectivity index (χ0n) is 10.4. The minimum Gasteiger partial charge on any atom is -0.425 e. The highest BCUT2D eigenvalue weighted by atomic mass is 16.7. The van der Waals surface area contributed by atoms with Crippen molar-refractivity contribution in [1.29, 1.82) is 0 Å². The van der Waals surface area contributed by atoms with E-state index in [-0.39, 0.29) is 12.3 Å². The van der Waals surface area contributed by atoms with Gasteiger partial charge in [-0.2, -0.15) is 0 Å². The summed E-state index contributed by atoms with van der Waals surface area (Å²) >= 11 is 0. The number of rotatable bonds is 5. The first-order valence-corrected chi connectivity index (χ1v) is 5.21. The number of hydrogen-bond acceptors (Lipinski definition) is 5. The maximum absolute atomic E-state index is 11.4. The molecule has 0 heterocycles. The van der Waals surface area contributed by atoms with Crippen molar-refractivity contribution in [2.45, 2.75) is 52.9 Å². The third-order valence-electron chi connectivity index (χ3n) is 1.65. The summed E-state index contributed by atoms with van der Waals surface area (Å²) in [7, 11) is 0. The fourth-order valence-electron chi connectivity index (χ4n) is 0.984. The SMILES string of the molecule is CC(=O)OC(OC(=O)CC(C)(C)O)C(C)C. The van der Waals surface area contributed by atoms with Crippen molar-refractivity contribution in [3.05, 3.63) is 0 Å². The zero-order chi connectivity index (χ0) is 12.9. The van der Waals surface area contributed by atoms with Gasteiger partial charge in [-0.1, -0.05) is 13.8 Å². The highest BCUT2D eigenvalue weighted by Crippen LogP contribution is 2.14. The minimum atomic E-state index is -1.13. The second-order valence-electron chi connectivity index (χ2n) is 4.70. The van der Waals surface area contributed by atoms with Crippen LogP contribution in [-0.4, -0.2) is 28.9 Å². The molecule has 0 aliphatic carbocycles. The Labute approximate surface area is 95.7 Å². The molecule has 0 fully saturated rings. The van der Waals surface area contributed by atoms with Crippen LogP contribution < -0.4 is 0 Å². The molecule has 16 heavy (non-hydrogen) atoms. The van der Waals surface area contributed by atoms with E-state index in [0.717, 1.165) is 0 Å². The van der Waals surface area contributed by atoms with E-state index in [1.54, 1.807) is 13.8 Å². The van der Waals surface area contributed by atoms with Crippen molar-refractivity contribution in [2.24, 2.45) is 5.92 Å². The van der Waals surface area contributed by atoms with Crippen molar-refractivity contribution in [1.82, 2.24) is 0 Å². The van der Waals surface area contributed by atoms with Crippen LogP contribution in [0.15, 0.2) is 0 Å². The van der Waals surface area contributed by atoms with Gasteiger partial charge in [-0.25, -0.2) is 0 Å². The first-order valence-electron chi connectivity index (χ1n) is 5.21. The second-order valence-corrected chi connectivity index (χ2v) is 4.70. The van der Waals surface area contributed by atoms with E-state index < -0.39 is 23.8 Å². The molecule has 5 nitrogen and oxygen atoms in total. The summed E-state index contributed by atoms with van der Waals surface area (Å²) in [5, 5.41) is 9.41. The molecule has 0 aromatic carbocycles. The minimum absolute atomic E-state index is 0.130. The Morgan fingerprint density at radius 1 is 1.25 bits per heavy atom. The molecule has 5 heteroatoms. The molecule has 1 N–H and O–H groups in total. The van der Waals surface area contributed by atoms with Gasteiger partial charge in [0.25, 0.3) is 0 Å². The maximum Gasteiger partial charge on any atom is 0.311 e. The van der Waals surface area contributed by atoms with Crippen LogP contribution in [0, 0.1) is 5.92 Å². The summed E-state index contributed by atoms with van der Waals surface area (Å²) in [6, 6.07) is 0. The van der Waals surface area contributed by atoms with Crippen molar-refractivity contribution >= 4 is 11.9 Å². The quantitative estimate of drug-likeness (QED) is 0.570. The smallest absolute Gasteiger partial charge is 0.311 e. The molecule has 0 saturated heterocycles. The number of aliphatic hydroxyl groups is 1. The summed E-state index contributed by atoms with van der Waals surface area (Å²) < 4.78 is 9.79. The molecule has 0 aliphatic heterocycles. The highest BCUT2D eigenvalue weighted by molar-refractivity contribution is 5.71. The van der Waals surface area contributed by atoms with E-state index >= 15 is 0 Å². The molecule has 0 saturated carbocycles. The lowest BCUT2D eigenvalue weighted by Gasteiger charge is -2.22. The van der Waals surface area contributed by atoms with Crippen molar-refractivity contribution in [3.63, 3.8) is 0 Å². The van der Waals surface area contributed by atoms with E-state index in [0.29, 0.717) is 0 Å². The molecule has 0 aliphatic rings. The summed E-state index contributed by atoms with van der Waals surface area (Å²) in [4.78, 5) is 22.1. The van der Waals surface area contributed by atoms with Crippen molar-refractivity contribution < 1.29 is 24.2 Å². The van der Waals surface area contributed by atoms with Gasteiger partial charge in [0.05, 0.1) is 12.0 Å². The van der Waals surface area contributed by atoms with Crippen molar-refractivity contribution in [2.75, 3.05) is 0 Å². The molecule has 0 aromatic heterocycles. The van der Waals surface area contributed by atoms with Gasteiger partial charge in [0.2, 0.25) is 6.29 Å². The summed E-state index contributed by atoms with van der Waals surface area (Å²) in [6.07, 6.45) is -1.04. The van der Waals surface area contributed by atoms with Crippen LogP contribution in [0.3, 0.4) is 0 Å². The molecule has 1 atom stereocenters. The average Bonchev–Trinajstić information content (AvgIpc) is 1.97. The predicted molar refractivity (Wildman–Crippen MR) is 57.4 cm³/mol. The Morgan fingerprint density at radius 2 is 1.75 bits per heavy atom. The van der Waals surface area contributed by atoms with Gasteiger partial charge in [0.15, 0.2) is 0 Å². The van der Waals surface area contributed by atoms with Gasteiger partial charge >= 0.3 is 11.9 Å². The molecular weight excluding hydrogens is 212 g/mol. The molecule has 94 valence electrons. The Morgan fingerprint density at radius 3 is 2.06 bits per heavy atom. The van der Waals surface area contributed by atoms with Gasteiger partial charge in [0.1, 0.15) is 0 Å². The highest BCUT2D eigenvalue weighted by Gasteiger charge is 2.25. The fraction of sp³-hybridized carbons (Fsp3) is 0.818. The summed E-state index contributed by atoms with van der Waals surface area (Å²) in [5.74, 6) is -1.23. The average molecular weight is 232 g/mol. The number of esters is 2. The summed E-state index contributed by atoms with van der Waals surface area (Å²) in [6.45, 7) is 7.80. The van der Waals surface area contributed by atoms with Gasteiger partial charge in [-0.15, -0.1) is 0 Å². The molecular formula is C11H20O5.